The smallest absolute Gasteiger partial charge is 0.407 e. The molecule has 2 unspecified atom stereocenters. The van der Waals surface area contributed by atoms with Crippen molar-refractivity contribution in [1.82, 2.24) is 4.90 Å². The van der Waals surface area contributed by atoms with Crippen molar-refractivity contribution in [1.29, 1.82) is 0 Å². The van der Waals surface area contributed by atoms with Gasteiger partial charge in [-0.3, -0.25) is 0 Å². The second-order valence-corrected chi connectivity index (χ2v) is 7.68. The zero-order chi connectivity index (χ0) is 22.4. The van der Waals surface area contributed by atoms with E-state index in [-0.39, 0.29) is 32.2 Å². The number of amides is 1. The molecule has 0 aromatic heterocycles. The van der Waals surface area contributed by atoms with E-state index in [4.69, 9.17) is 19.8 Å². The van der Waals surface area contributed by atoms with Gasteiger partial charge in [-0.25, -0.2) is 13.6 Å². The zero-order valence-corrected chi connectivity index (χ0v) is 17.0. The lowest BCUT2D eigenvalue weighted by molar-refractivity contribution is -0.135. The summed E-state index contributed by atoms with van der Waals surface area (Å²) in [5.74, 6) is -3.83. The third-order valence-electron chi connectivity index (χ3n) is 4.97. The summed E-state index contributed by atoms with van der Waals surface area (Å²) in [7, 11) is 0. The van der Waals surface area contributed by atoms with Gasteiger partial charge < -0.3 is 29.8 Å². The first kappa shape index (κ1) is 24.0. The number of hydrogen-bond donors (Lipinski definition) is 3. The van der Waals surface area contributed by atoms with Crippen LogP contribution in [0, 0.1) is 5.92 Å². The van der Waals surface area contributed by atoms with Gasteiger partial charge in [-0.05, 0) is 31.4 Å². The minimum atomic E-state index is -3.09. The van der Waals surface area contributed by atoms with Crippen LogP contribution >= 0.6 is 0 Å². The van der Waals surface area contributed by atoms with Gasteiger partial charge in [-0.2, -0.15) is 0 Å². The summed E-state index contributed by atoms with van der Waals surface area (Å²) >= 11 is 0. The average molecular weight is 430 g/mol. The van der Waals surface area contributed by atoms with Gasteiger partial charge in [0.15, 0.2) is 0 Å². The molecule has 1 aromatic rings. The largest absolute Gasteiger partial charge is 0.465 e. The average Bonchev–Trinajstić information content (AvgIpc) is 2.68. The van der Waals surface area contributed by atoms with E-state index in [1.54, 1.807) is 38.1 Å². The summed E-state index contributed by atoms with van der Waals surface area (Å²) in [6.45, 7) is 1.94. The number of aliphatic hydroxyl groups is 1. The highest BCUT2D eigenvalue weighted by atomic mass is 19.3. The highest BCUT2D eigenvalue weighted by Gasteiger charge is 2.43. The van der Waals surface area contributed by atoms with E-state index in [9.17, 15) is 18.7 Å². The van der Waals surface area contributed by atoms with Crippen molar-refractivity contribution in [3.8, 4) is 0 Å². The van der Waals surface area contributed by atoms with Crippen LogP contribution in [0.3, 0.4) is 0 Å². The number of likely N-dealkylation sites (tertiary alicyclic amines) is 1. The van der Waals surface area contributed by atoms with Gasteiger partial charge >= 0.3 is 6.09 Å². The third kappa shape index (κ3) is 6.35. The summed E-state index contributed by atoms with van der Waals surface area (Å²) in [6.07, 6.45) is -0.172. The predicted molar refractivity (Wildman–Crippen MR) is 104 cm³/mol. The van der Waals surface area contributed by atoms with Gasteiger partial charge in [0.25, 0.3) is 5.92 Å². The summed E-state index contributed by atoms with van der Waals surface area (Å²) < 4.78 is 37.4. The van der Waals surface area contributed by atoms with Crippen LogP contribution < -0.4 is 0 Å². The Labute approximate surface area is 173 Å². The highest BCUT2D eigenvalue weighted by Crippen LogP contribution is 2.37. The summed E-state index contributed by atoms with van der Waals surface area (Å²) in [4.78, 5) is 12.3. The molecular formula is C20H28F2N2O6. The Balaban J connectivity index is 1.99. The van der Waals surface area contributed by atoms with E-state index in [1.165, 1.54) is 0 Å². The van der Waals surface area contributed by atoms with Gasteiger partial charge in [-0.15, -0.1) is 5.16 Å². The fourth-order valence-corrected chi connectivity index (χ4v) is 3.29. The van der Waals surface area contributed by atoms with Crippen molar-refractivity contribution in [2.75, 3.05) is 26.3 Å². The second kappa shape index (κ2) is 10.1. The number of carbonyl (C=O) groups is 1. The molecule has 1 aliphatic heterocycles. The molecule has 0 saturated carbocycles. The maximum absolute atomic E-state index is 13.7. The fourth-order valence-electron chi connectivity index (χ4n) is 3.29. The Bertz CT molecular complexity index is 729. The van der Waals surface area contributed by atoms with Crippen molar-refractivity contribution >= 4 is 12.3 Å². The van der Waals surface area contributed by atoms with E-state index in [1.807, 2.05) is 0 Å². The predicted octanol–water partition coefficient (Wildman–Crippen LogP) is 2.91. The Morgan fingerprint density at radius 3 is 2.60 bits per heavy atom. The van der Waals surface area contributed by atoms with Crippen LogP contribution in [-0.4, -0.2) is 71.0 Å². The van der Waals surface area contributed by atoms with Crippen molar-refractivity contribution in [2.24, 2.45) is 11.1 Å². The highest BCUT2D eigenvalue weighted by molar-refractivity contribution is 5.69. The molecular weight excluding hydrogens is 402 g/mol. The van der Waals surface area contributed by atoms with Crippen molar-refractivity contribution in [2.45, 2.75) is 44.5 Å². The molecule has 1 aliphatic rings. The number of carboxylic acid groups (broad SMARTS) is 1. The number of ether oxygens (including phenoxy) is 2. The minimum absolute atomic E-state index is 0.0196. The number of rotatable bonds is 9. The molecule has 168 valence electrons. The van der Waals surface area contributed by atoms with E-state index in [0.29, 0.717) is 11.1 Å². The molecule has 3 N–H and O–H groups in total. The molecule has 10 heteroatoms. The molecule has 2 atom stereocenters. The van der Waals surface area contributed by atoms with Crippen LogP contribution in [-0.2, 0) is 21.7 Å². The fraction of sp³-hybridized carbons (Fsp3) is 0.600. The van der Waals surface area contributed by atoms with Crippen molar-refractivity contribution in [3.05, 3.63) is 35.4 Å². The van der Waals surface area contributed by atoms with Crippen molar-refractivity contribution < 1.29 is 38.5 Å². The van der Waals surface area contributed by atoms with Gasteiger partial charge in [0.05, 0.1) is 18.9 Å². The third-order valence-corrected chi connectivity index (χ3v) is 4.97. The maximum atomic E-state index is 13.7. The minimum Gasteiger partial charge on any atom is -0.465 e. The lowest BCUT2D eigenvalue weighted by atomic mass is 9.76. The maximum Gasteiger partial charge on any atom is 0.407 e. The number of oxime groups is 1. The molecule has 0 spiro atoms. The van der Waals surface area contributed by atoms with Crippen LogP contribution in [0.25, 0.3) is 0 Å². The number of nitrogens with zero attached hydrogens (tertiary/aromatic N) is 2. The summed E-state index contributed by atoms with van der Waals surface area (Å²) in [6, 6.07) is 6.56. The Morgan fingerprint density at radius 2 is 2.03 bits per heavy atom. The van der Waals surface area contributed by atoms with E-state index in [2.05, 4.69) is 5.16 Å². The number of halogens is 2. The zero-order valence-electron chi connectivity index (χ0n) is 17.0. The number of hydrogen-bond acceptors (Lipinski definition) is 6. The molecule has 0 radical (unpaired) electrons. The lowest BCUT2D eigenvalue weighted by Crippen LogP contribution is -2.52. The molecule has 1 fully saturated rings. The van der Waals surface area contributed by atoms with Gasteiger partial charge in [0.1, 0.15) is 18.8 Å². The van der Waals surface area contributed by atoms with Crippen LogP contribution in [0.2, 0.25) is 0 Å². The van der Waals surface area contributed by atoms with E-state index >= 15 is 0 Å². The number of alkyl halides is 2. The topological polar surface area (TPSA) is 112 Å². The molecule has 8 nitrogen and oxygen atoms in total. The van der Waals surface area contributed by atoms with Crippen LogP contribution in [0.15, 0.2) is 29.4 Å². The molecule has 0 aliphatic carbocycles. The molecule has 2 rings (SSSR count). The molecule has 30 heavy (non-hydrogen) atoms. The van der Waals surface area contributed by atoms with Gasteiger partial charge in [0, 0.05) is 19.0 Å². The standard InChI is InChI=1S/C20H28F2N2O6/c1-14(2)30-13-19(21,22)12-29-11-15-3-5-16(6-4-15)20(27)7-8-24(18(25)26)10-17(20)9-23-28/h3-6,9,14,17,27-28H,7-8,10-13H2,1-2H3,(H,25,26)/b23-9-. The van der Waals surface area contributed by atoms with E-state index in [0.717, 1.165) is 11.1 Å². The molecule has 1 aromatic carbocycles. The lowest BCUT2D eigenvalue weighted by Gasteiger charge is -2.42. The molecule has 0 bridgehead atoms. The van der Waals surface area contributed by atoms with Crippen molar-refractivity contribution in [3.63, 3.8) is 0 Å². The van der Waals surface area contributed by atoms with Crippen LogP contribution in [0.4, 0.5) is 13.6 Å². The van der Waals surface area contributed by atoms with Crippen LogP contribution in [0.5, 0.6) is 0 Å². The Kier molecular flexibility index (Phi) is 8.10. The number of benzene rings is 1. The molecule has 1 heterocycles. The second-order valence-electron chi connectivity index (χ2n) is 7.68. The monoisotopic (exact) mass is 430 g/mol. The SMILES string of the molecule is CC(C)OCC(F)(F)COCc1ccc(C2(O)CCN(C(=O)O)CC2/C=N\O)cc1. The Morgan fingerprint density at radius 1 is 1.37 bits per heavy atom. The van der Waals surface area contributed by atoms with E-state index < -0.39 is 36.7 Å². The summed E-state index contributed by atoms with van der Waals surface area (Å²) in [5, 5.41) is 32.2. The first-order valence-corrected chi connectivity index (χ1v) is 9.62. The Hall–Kier alpha value is -2.30. The summed E-state index contributed by atoms with van der Waals surface area (Å²) in [5.41, 5.74) is -0.270. The first-order chi connectivity index (χ1) is 14.1. The number of piperidine rings is 1. The molecule has 1 amide bonds. The van der Waals surface area contributed by atoms with Gasteiger partial charge in [-0.1, -0.05) is 24.3 Å². The quantitative estimate of drug-likeness (QED) is 0.316. The molecule has 1 saturated heterocycles. The normalized spacial score (nSPS) is 22.7. The van der Waals surface area contributed by atoms with Gasteiger partial charge in [0.2, 0.25) is 0 Å². The first-order valence-electron chi connectivity index (χ1n) is 9.62. The van der Waals surface area contributed by atoms with Crippen LogP contribution in [0.1, 0.15) is 31.4 Å².